The maximum Gasteiger partial charge on any atom is 0.220 e. The standard InChI is InChI=1S/C15H15NOS.C6H7N.C2H6/c1-11(17)16-9-7-14-13(8-10-18-14)15(16)12-5-3-2-4-6-12;1-6-4-2-3-5-7-6;1-2/h2-6,8,10,15H,7,9H2,1H3;2-5,7H,1H2;1-2H3. The molecule has 0 aliphatic carbocycles. The first kappa shape index (κ1) is 20.7. The van der Waals surface area contributed by atoms with Crippen LogP contribution in [0.2, 0.25) is 0 Å². The number of rotatable bonds is 1. The van der Waals surface area contributed by atoms with Crippen LogP contribution in [0.5, 0.6) is 0 Å². The van der Waals surface area contributed by atoms with Gasteiger partial charge in [-0.1, -0.05) is 56.8 Å². The Morgan fingerprint density at radius 1 is 1.19 bits per heavy atom. The van der Waals surface area contributed by atoms with Crippen LogP contribution in [0.15, 0.2) is 78.5 Å². The Labute approximate surface area is 166 Å². The minimum atomic E-state index is 0.0960. The van der Waals surface area contributed by atoms with Gasteiger partial charge in [-0.05, 0) is 41.1 Å². The molecule has 1 aromatic carbocycles. The molecule has 2 aliphatic heterocycles. The van der Waals surface area contributed by atoms with Crippen LogP contribution in [-0.2, 0) is 11.2 Å². The van der Waals surface area contributed by atoms with E-state index in [-0.39, 0.29) is 11.9 Å². The third-order valence-electron chi connectivity index (χ3n) is 4.26. The van der Waals surface area contributed by atoms with Gasteiger partial charge in [-0.2, -0.15) is 0 Å². The van der Waals surface area contributed by atoms with Crippen LogP contribution in [0.3, 0.4) is 0 Å². The van der Waals surface area contributed by atoms with E-state index in [4.69, 9.17) is 0 Å². The molecule has 2 aromatic rings. The van der Waals surface area contributed by atoms with Gasteiger partial charge in [0.25, 0.3) is 0 Å². The van der Waals surface area contributed by atoms with E-state index in [0.29, 0.717) is 0 Å². The molecule has 1 atom stereocenters. The second-order valence-corrected chi connectivity index (χ2v) is 6.96. The predicted octanol–water partition coefficient (Wildman–Crippen LogP) is 5.44. The summed E-state index contributed by atoms with van der Waals surface area (Å²) in [6.07, 6.45) is 8.62. The Bertz CT molecular complexity index is 805. The summed E-state index contributed by atoms with van der Waals surface area (Å²) in [6.45, 7) is 10.1. The lowest BCUT2D eigenvalue weighted by Gasteiger charge is -2.35. The molecular weight excluding hydrogens is 352 g/mol. The van der Waals surface area contributed by atoms with Crippen LogP contribution in [0, 0.1) is 0 Å². The summed E-state index contributed by atoms with van der Waals surface area (Å²) in [5, 5.41) is 5.05. The van der Waals surface area contributed by atoms with E-state index in [1.807, 2.05) is 61.4 Å². The zero-order valence-electron chi connectivity index (χ0n) is 16.3. The fourth-order valence-corrected chi connectivity index (χ4v) is 3.98. The van der Waals surface area contributed by atoms with Crippen LogP contribution in [0.25, 0.3) is 0 Å². The Morgan fingerprint density at radius 3 is 2.48 bits per heavy atom. The van der Waals surface area contributed by atoms with Gasteiger partial charge < -0.3 is 10.2 Å². The number of hydrogen-bond donors (Lipinski definition) is 1. The van der Waals surface area contributed by atoms with Gasteiger partial charge in [0, 0.05) is 30.2 Å². The largest absolute Gasteiger partial charge is 0.362 e. The molecule has 3 heterocycles. The molecule has 2 aliphatic rings. The molecule has 0 spiro atoms. The van der Waals surface area contributed by atoms with Crippen LogP contribution >= 0.6 is 11.3 Å². The number of amides is 1. The highest BCUT2D eigenvalue weighted by molar-refractivity contribution is 7.10. The first-order chi connectivity index (χ1) is 13.2. The minimum Gasteiger partial charge on any atom is -0.362 e. The molecule has 3 nitrogen and oxygen atoms in total. The molecule has 0 saturated carbocycles. The van der Waals surface area contributed by atoms with Crippen LogP contribution in [0.4, 0.5) is 0 Å². The maximum absolute atomic E-state index is 11.8. The normalized spacial score (nSPS) is 16.9. The Hall–Kier alpha value is -2.59. The molecule has 1 aromatic heterocycles. The number of thiophene rings is 1. The first-order valence-electron chi connectivity index (χ1n) is 9.34. The average molecular weight is 381 g/mol. The Morgan fingerprint density at radius 2 is 1.93 bits per heavy atom. The minimum absolute atomic E-state index is 0.0960. The summed E-state index contributed by atoms with van der Waals surface area (Å²) >= 11 is 1.80. The maximum atomic E-state index is 11.8. The van der Waals surface area contributed by atoms with Gasteiger partial charge in [-0.3, -0.25) is 4.79 Å². The summed E-state index contributed by atoms with van der Waals surface area (Å²) in [6, 6.07) is 12.5. The average Bonchev–Trinajstić information content (AvgIpc) is 3.19. The predicted molar refractivity (Wildman–Crippen MR) is 116 cm³/mol. The van der Waals surface area contributed by atoms with Crippen molar-refractivity contribution in [3.8, 4) is 0 Å². The number of hydrogen-bond acceptors (Lipinski definition) is 3. The highest BCUT2D eigenvalue weighted by Crippen LogP contribution is 2.37. The topological polar surface area (TPSA) is 32.3 Å². The van der Waals surface area contributed by atoms with E-state index in [1.54, 1.807) is 18.3 Å². The number of dihydropyridines is 1. The molecular formula is C23H28N2OS. The van der Waals surface area contributed by atoms with E-state index >= 15 is 0 Å². The van der Waals surface area contributed by atoms with Crippen molar-refractivity contribution in [2.75, 3.05) is 6.54 Å². The fraction of sp³-hybridized carbons (Fsp3) is 0.261. The Kier molecular flexibility index (Phi) is 8.08. The van der Waals surface area contributed by atoms with E-state index in [2.05, 4.69) is 35.5 Å². The zero-order chi connectivity index (χ0) is 19.6. The third kappa shape index (κ3) is 5.44. The van der Waals surface area contributed by atoms with Gasteiger partial charge in [-0.25, -0.2) is 0 Å². The number of allylic oxidation sites excluding steroid dienone is 3. The lowest BCUT2D eigenvalue weighted by Crippen LogP contribution is -2.38. The number of carbonyl (C=O) groups is 1. The second-order valence-electron chi connectivity index (χ2n) is 5.96. The van der Waals surface area contributed by atoms with E-state index < -0.39 is 0 Å². The molecule has 0 radical (unpaired) electrons. The number of benzene rings is 1. The van der Waals surface area contributed by atoms with Gasteiger partial charge in [0.2, 0.25) is 5.91 Å². The lowest BCUT2D eigenvalue weighted by atomic mass is 9.93. The molecule has 27 heavy (non-hydrogen) atoms. The first-order valence-corrected chi connectivity index (χ1v) is 10.2. The van der Waals surface area contributed by atoms with Crippen molar-refractivity contribution < 1.29 is 4.79 Å². The van der Waals surface area contributed by atoms with E-state index in [9.17, 15) is 4.79 Å². The van der Waals surface area contributed by atoms with Gasteiger partial charge >= 0.3 is 0 Å². The van der Waals surface area contributed by atoms with E-state index in [0.717, 1.165) is 18.7 Å². The Balaban J connectivity index is 0.000000244. The molecule has 4 heteroatoms. The van der Waals surface area contributed by atoms with Crippen LogP contribution in [-0.4, -0.2) is 17.4 Å². The monoisotopic (exact) mass is 380 g/mol. The molecule has 0 fully saturated rings. The fourth-order valence-electron chi connectivity index (χ4n) is 3.08. The highest BCUT2D eigenvalue weighted by Gasteiger charge is 2.30. The van der Waals surface area contributed by atoms with Crippen molar-refractivity contribution in [3.05, 3.63) is 94.5 Å². The van der Waals surface area contributed by atoms with Crippen molar-refractivity contribution >= 4 is 17.2 Å². The van der Waals surface area contributed by atoms with Gasteiger partial charge in [0.15, 0.2) is 0 Å². The summed E-state index contributed by atoms with van der Waals surface area (Å²) < 4.78 is 0. The number of nitrogens with zero attached hydrogens (tertiary/aromatic N) is 1. The van der Waals surface area contributed by atoms with Crippen LogP contribution < -0.4 is 5.32 Å². The van der Waals surface area contributed by atoms with Gasteiger partial charge in [0.1, 0.15) is 0 Å². The summed E-state index contributed by atoms with van der Waals surface area (Å²) in [5.41, 5.74) is 3.45. The van der Waals surface area contributed by atoms with Crippen molar-refractivity contribution in [1.29, 1.82) is 0 Å². The van der Waals surface area contributed by atoms with Crippen LogP contribution in [0.1, 0.15) is 42.8 Å². The third-order valence-corrected chi connectivity index (χ3v) is 5.26. The number of carbonyl (C=O) groups excluding carboxylic acids is 1. The summed E-state index contributed by atoms with van der Waals surface area (Å²) in [7, 11) is 0. The molecule has 142 valence electrons. The smallest absolute Gasteiger partial charge is 0.220 e. The van der Waals surface area contributed by atoms with Crippen molar-refractivity contribution in [1.82, 2.24) is 10.2 Å². The highest BCUT2D eigenvalue weighted by atomic mass is 32.1. The van der Waals surface area contributed by atoms with Crippen molar-refractivity contribution in [2.45, 2.75) is 33.2 Å². The van der Waals surface area contributed by atoms with Crippen molar-refractivity contribution in [3.63, 3.8) is 0 Å². The molecule has 1 unspecified atom stereocenters. The molecule has 4 rings (SSSR count). The van der Waals surface area contributed by atoms with E-state index in [1.165, 1.54) is 16.0 Å². The SMILES string of the molecule is C=C1C=CC=CN1.CC.CC(=O)N1CCc2sccc2C1c1ccccc1. The second kappa shape index (κ2) is 10.5. The molecule has 1 N–H and O–H groups in total. The molecule has 0 saturated heterocycles. The number of nitrogens with one attached hydrogen (secondary N) is 1. The molecule has 0 bridgehead atoms. The quantitative estimate of drug-likeness (QED) is 0.714. The van der Waals surface area contributed by atoms with Gasteiger partial charge in [0.05, 0.1) is 6.04 Å². The summed E-state index contributed by atoms with van der Waals surface area (Å²) in [5.74, 6) is 0.153. The molecule has 1 amide bonds. The zero-order valence-corrected chi connectivity index (χ0v) is 17.1. The number of fused-ring (bicyclic) bond motifs is 1. The lowest BCUT2D eigenvalue weighted by molar-refractivity contribution is -0.130. The van der Waals surface area contributed by atoms with Crippen molar-refractivity contribution in [2.24, 2.45) is 0 Å². The summed E-state index contributed by atoms with van der Waals surface area (Å²) in [4.78, 5) is 15.2. The van der Waals surface area contributed by atoms with Gasteiger partial charge in [-0.15, -0.1) is 11.3 Å².